The van der Waals surface area contributed by atoms with E-state index in [0.717, 1.165) is 0 Å². The van der Waals surface area contributed by atoms with Gasteiger partial charge >= 0.3 is 0 Å². The second kappa shape index (κ2) is 7.62. The minimum atomic E-state index is -3.59. The third kappa shape index (κ3) is 4.34. The van der Waals surface area contributed by atoms with Crippen molar-refractivity contribution in [3.05, 3.63) is 42.5 Å². The first-order valence-electron chi connectivity index (χ1n) is 7.83. The Morgan fingerprint density at radius 2 is 1.72 bits per heavy atom. The molecule has 0 bridgehead atoms. The lowest BCUT2D eigenvalue weighted by Gasteiger charge is -2.10. The predicted molar refractivity (Wildman–Crippen MR) is 90.9 cm³/mol. The summed E-state index contributed by atoms with van der Waals surface area (Å²) < 4.78 is 48.3. The van der Waals surface area contributed by atoms with Crippen LogP contribution in [0.5, 0.6) is 23.0 Å². The lowest BCUT2D eigenvalue weighted by Crippen LogP contribution is -2.28. The summed E-state index contributed by atoms with van der Waals surface area (Å²) in [6, 6.07) is 11.5. The van der Waals surface area contributed by atoms with Crippen LogP contribution in [0.25, 0.3) is 0 Å². The van der Waals surface area contributed by atoms with E-state index in [2.05, 4.69) is 4.72 Å². The van der Waals surface area contributed by atoms with E-state index in [0.29, 0.717) is 29.6 Å². The van der Waals surface area contributed by atoms with Gasteiger partial charge in [0.15, 0.2) is 11.5 Å². The fourth-order valence-corrected chi connectivity index (χ4v) is 3.29. The van der Waals surface area contributed by atoms with Gasteiger partial charge in [0.05, 0.1) is 11.5 Å². The summed E-state index contributed by atoms with van der Waals surface area (Å²) in [6.07, 6.45) is 0. The van der Waals surface area contributed by atoms with Gasteiger partial charge in [0.25, 0.3) is 0 Å². The predicted octanol–water partition coefficient (Wildman–Crippen LogP) is 2.17. The first-order valence-corrected chi connectivity index (χ1v) is 9.32. The second-order valence-corrected chi connectivity index (χ2v) is 6.93. The number of rotatable bonds is 8. The largest absolute Gasteiger partial charge is 0.494 e. The van der Waals surface area contributed by atoms with E-state index < -0.39 is 10.0 Å². The molecule has 0 radical (unpaired) electrons. The Morgan fingerprint density at radius 1 is 1.00 bits per heavy atom. The first kappa shape index (κ1) is 17.4. The third-order valence-corrected chi connectivity index (χ3v) is 4.93. The van der Waals surface area contributed by atoms with Crippen LogP contribution in [0.2, 0.25) is 0 Å². The quantitative estimate of drug-likeness (QED) is 0.722. The zero-order chi connectivity index (χ0) is 17.7. The number of benzene rings is 2. The second-order valence-electron chi connectivity index (χ2n) is 5.17. The average Bonchev–Trinajstić information content (AvgIpc) is 3.07. The van der Waals surface area contributed by atoms with Crippen LogP contribution < -0.4 is 23.7 Å². The van der Waals surface area contributed by atoms with Gasteiger partial charge in [0, 0.05) is 12.6 Å². The first-order chi connectivity index (χ1) is 12.1. The molecule has 0 amide bonds. The monoisotopic (exact) mass is 365 g/mol. The van der Waals surface area contributed by atoms with E-state index in [4.69, 9.17) is 18.9 Å². The highest BCUT2D eigenvalue weighted by molar-refractivity contribution is 7.89. The van der Waals surface area contributed by atoms with Crippen LogP contribution in [0.4, 0.5) is 0 Å². The Labute approximate surface area is 146 Å². The van der Waals surface area contributed by atoms with Crippen LogP contribution in [0, 0.1) is 0 Å². The number of sulfonamides is 1. The van der Waals surface area contributed by atoms with Gasteiger partial charge < -0.3 is 18.9 Å². The van der Waals surface area contributed by atoms with E-state index in [1.807, 2.05) is 6.92 Å². The van der Waals surface area contributed by atoms with Crippen molar-refractivity contribution in [3.8, 4) is 23.0 Å². The maximum Gasteiger partial charge on any atom is 0.240 e. The van der Waals surface area contributed by atoms with Crippen LogP contribution in [-0.4, -0.2) is 35.0 Å². The lowest BCUT2D eigenvalue weighted by molar-refractivity contribution is 0.173. The van der Waals surface area contributed by atoms with Crippen LogP contribution >= 0.6 is 0 Å². The molecule has 3 rings (SSSR count). The van der Waals surface area contributed by atoms with Crippen LogP contribution in [-0.2, 0) is 10.0 Å². The SMILES string of the molecule is CCOc1ccc(S(=O)(=O)NCCOc2ccc3c(c2)OCO3)cc1. The average molecular weight is 365 g/mol. The number of hydrogen-bond donors (Lipinski definition) is 1. The molecule has 0 aliphatic carbocycles. The molecule has 0 fully saturated rings. The summed E-state index contributed by atoms with van der Waals surface area (Å²) in [5.41, 5.74) is 0. The van der Waals surface area contributed by atoms with E-state index in [1.54, 1.807) is 30.3 Å². The van der Waals surface area contributed by atoms with E-state index >= 15 is 0 Å². The topological polar surface area (TPSA) is 83.1 Å². The number of ether oxygens (including phenoxy) is 4. The van der Waals surface area contributed by atoms with Gasteiger partial charge in [-0.15, -0.1) is 0 Å². The number of hydrogen-bond acceptors (Lipinski definition) is 6. The van der Waals surface area contributed by atoms with Crippen molar-refractivity contribution < 1.29 is 27.4 Å². The molecule has 8 heteroatoms. The molecular weight excluding hydrogens is 346 g/mol. The summed E-state index contributed by atoms with van der Waals surface area (Å²) in [5.74, 6) is 2.51. The van der Waals surface area contributed by atoms with Gasteiger partial charge in [-0.2, -0.15) is 0 Å². The lowest BCUT2D eigenvalue weighted by atomic mass is 10.3. The molecule has 1 aliphatic rings. The van der Waals surface area contributed by atoms with Crippen molar-refractivity contribution in [2.24, 2.45) is 0 Å². The fraction of sp³-hybridized carbons (Fsp3) is 0.294. The Balaban J connectivity index is 1.50. The molecule has 0 aromatic heterocycles. The van der Waals surface area contributed by atoms with Gasteiger partial charge in [-0.3, -0.25) is 0 Å². The summed E-state index contributed by atoms with van der Waals surface area (Å²) >= 11 is 0. The highest BCUT2D eigenvalue weighted by Gasteiger charge is 2.15. The third-order valence-electron chi connectivity index (χ3n) is 3.45. The van der Waals surface area contributed by atoms with Gasteiger partial charge in [-0.25, -0.2) is 13.1 Å². The number of nitrogens with one attached hydrogen (secondary N) is 1. The van der Waals surface area contributed by atoms with Gasteiger partial charge in [0.2, 0.25) is 16.8 Å². The van der Waals surface area contributed by atoms with Crippen LogP contribution in [0.1, 0.15) is 6.92 Å². The minimum absolute atomic E-state index is 0.143. The molecule has 134 valence electrons. The maximum atomic E-state index is 12.2. The molecular formula is C17H19NO6S. The molecule has 1 heterocycles. The smallest absolute Gasteiger partial charge is 0.240 e. The zero-order valence-electron chi connectivity index (χ0n) is 13.7. The van der Waals surface area contributed by atoms with Crippen molar-refractivity contribution >= 4 is 10.0 Å². The van der Waals surface area contributed by atoms with Crippen LogP contribution in [0.15, 0.2) is 47.4 Å². The maximum absolute atomic E-state index is 12.2. The highest BCUT2D eigenvalue weighted by Crippen LogP contribution is 2.34. The van der Waals surface area contributed by atoms with Crippen molar-refractivity contribution in [3.63, 3.8) is 0 Å². The molecule has 1 aliphatic heterocycles. The minimum Gasteiger partial charge on any atom is -0.494 e. The molecule has 25 heavy (non-hydrogen) atoms. The molecule has 0 atom stereocenters. The van der Waals surface area contributed by atoms with E-state index in [9.17, 15) is 8.42 Å². The molecule has 0 saturated heterocycles. The molecule has 7 nitrogen and oxygen atoms in total. The Morgan fingerprint density at radius 3 is 2.48 bits per heavy atom. The van der Waals surface area contributed by atoms with E-state index in [-0.39, 0.29) is 24.8 Å². The standard InChI is InChI=1S/C17H19NO6S/c1-2-21-13-3-6-15(7-4-13)25(19,20)18-9-10-22-14-5-8-16-17(11-14)24-12-23-16/h3-8,11,18H,2,9-10,12H2,1H3. The molecule has 1 N–H and O–H groups in total. The van der Waals surface area contributed by atoms with Crippen molar-refractivity contribution in [1.82, 2.24) is 4.72 Å². The summed E-state index contributed by atoms with van der Waals surface area (Å²) in [7, 11) is -3.59. The zero-order valence-corrected chi connectivity index (χ0v) is 14.5. The molecule has 2 aromatic rings. The number of fused-ring (bicyclic) bond motifs is 1. The van der Waals surface area contributed by atoms with Gasteiger partial charge in [0.1, 0.15) is 18.1 Å². The van der Waals surface area contributed by atoms with Crippen LogP contribution in [0.3, 0.4) is 0 Å². The van der Waals surface area contributed by atoms with Gasteiger partial charge in [-0.05, 0) is 43.3 Å². The summed E-state index contributed by atoms with van der Waals surface area (Å²) in [5, 5.41) is 0. The summed E-state index contributed by atoms with van der Waals surface area (Å²) in [4.78, 5) is 0.180. The molecule has 2 aromatic carbocycles. The Bertz CT molecular complexity index is 820. The Kier molecular flexibility index (Phi) is 5.30. The highest BCUT2D eigenvalue weighted by atomic mass is 32.2. The van der Waals surface area contributed by atoms with Crippen molar-refractivity contribution in [2.45, 2.75) is 11.8 Å². The van der Waals surface area contributed by atoms with E-state index in [1.165, 1.54) is 12.1 Å². The van der Waals surface area contributed by atoms with Crippen molar-refractivity contribution in [1.29, 1.82) is 0 Å². The Hall–Kier alpha value is -2.45. The molecule has 0 saturated carbocycles. The summed E-state index contributed by atoms with van der Waals surface area (Å²) in [6.45, 7) is 2.93. The van der Waals surface area contributed by atoms with Crippen molar-refractivity contribution in [2.75, 3.05) is 26.6 Å². The normalized spacial score (nSPS) is 12.8. The van der Waals surface area contributed by atoms with Gasteiger partial charge in [-0.1, -0.05) is 0 Å². The fourth-order valence-electron chi connectivity index (χ4n) is 2.28. The molecule has 0 unspecified atom stereocenters. The molecule has 0 spiro atoms.